The minimum absolute atomic E-state index is 0.719. The van der Waals surface area contributed by atoms with Crippen LogP contribution < -0.4 is 10.2 Å². The molecule has 4 heteroatoms. The van der Waals surface area contributed by atoms with Gasteiger partial charge in [-0.3, -0.25) is 0 Å². The Labute approximate surface area is 103 Å². The second-order valence-electron chi connectivity index (χ2n) is 4.83. The molecular weight excluding hydrogens is 212 g/mol. The van der Waals surface area contributed by atoms with Gasteiger partial charge in [-0.15, -0.1) is 0 Å². The number of anilines is 2. The van der Waals surface area contributed by atoms with Gasteiger partial charge in [0.15, 0.2) is 0 Å². The zero-order valence-electron chi connectivity index (χ0n) is 11.0. The van der Waals surface area contributed by atoms with Crippen LogP contribution >= 0.6 is 0 Å². The maximum atomic E-state index is 4.56. The van der Waals surface area contributed by atoms with E-state index in [2.05, 4.69) is 33.2 Å². The van der Waals surface area contributed by atoms with E-state index in [9.17, 15) is 0 Å². The van der Waals surface area contributed by atoms with E-state index in [0.29, 0.717) is 0 Å². The van der Waals surface area contributed by atoms with Crippen molar-refractivity contribution in [1.29, 1.82) is 0 Å². The van der Waals surface area contributed by atoms with Crippen LogP contribution in [0, 0.1) is 12.8 Å². The van der Waals surface area contributed by atoms with Gasteiger partial charge in [-0.2, -0.15) is 4.98 Å². The van der Waals surface area contributed by atoms with Crippen LogP contribution in [0.4, 0.5) is 11.8 Å². The third kappa shape index (κ3) is 3.32. The van der Waals surface area contributed by atoms with Gasteiger partial charge < -0.3 is 10.2 Å². The molecule has 1 fully saturated rings. The van der Waals surface area contributed by atoms with Crippen LogP contribution in [0.15, 0.2) is 6.07 Å². The van der Waals surface area contributed by atoms with E-state index in [0.717, 1.165) is 42.9 Å². The number of aryl methyl sites for hydroxylation is 1. The Balaban J connectivity index is 2.17. The van der Waals surface area contributed by atoms with Crippen molar-refractivity contribution in [2.45, 2.75) is 33.1 Å². The monoisotopic (exact) mass is 234 g/mol. The Morgan fingerprint density at radius 2 is 2.18 bits per heavy atom. The van der Waals surface area contributed by atoms with E-state index >= 15 is 0 Å². The van der Waals surface area contributed by atoms with Crippen LogP contribution in [-0.2, 0) is 0 Å². The Kier molecular flexibility index (Phi) is 3.82. The standard InChI is InChI=1S/C13H22N4/c1-4-7-17(9-11-5-6-11)12-8-10(2)15-13(14-3)16-12/h8,11H,4-7,9H2,1-3H3,(H,14,15,16). The Hall–Kier alpha value is -1.32. The van der Waals surface area contributed by atoms with Gasteiger partial charge in [-0.25, -0.2) is 4.98 Å². The van der Waals surface area contributed by atoms with Crippen LogP contribution in [0.5, 0.6) is 0 Å². The third-order valence-corrected chi connectivity index (χ3v) is 3.06. The molecule has 94 valence electrons. The molecule has 0 unspecified atom stereocenters. The number of rotatable bonds is 6. The Morgan fingerprint density at radius 1 is 1.41 bits per heavy atom. The summed E-state index contributed by atoms with van der Waals surface area (Å²) in [6.45, 7) is 6.46. The molecule has 1 N–H and O–H groups in total. The Bertz CT molecular complexity index is 374. The molecule has 0 bridgehead atoms. The van der Waals surface area contributed by atoms with E-state index in [-0.39, 0.29) is 0 Å². The first kappa shape index (κ1) is 12.1. The topological polar surface area (TPSA) is 41.1 Å². The molecule has 1 heterocycles. The van der Waals surface area contributed by atoms with E-state index in [1.165, 1.54) is 12.8 Å². The van der Waals surface area contributed by atoms with Crippen LogP contribution in [-0.4, -0.2) is 30.1 Å². The van der Waals surface area contributed by atoms with E-state index in [1.807, 2.05) is 14.0 Å². The summed E-state index contributed by atoms with van der Waals surface area (Å²) in [5.74, 6) is 2.67. The van der Waals surface area contributed by atoms with E-state index in [4.69, 9.17) is 0 Å². The molecule has 0 aromatic carbocycles. The van der Waals surface area contributed by atoms with Gasteiger partial charge in [0.1, 0.15) is 5.82 Å². The average molecular weight is 234 g/mol. The summed E-state index contributed by atoms with van der Waals surface area (Å²) in [5, 5.41) is 3.03. The van der Waals surface area contributed by atoms with Crippen molar-refractivity contribution in [2.75, 3.05) is 30.4 Å². The lowest BCUT2D eigenvalue weighted by molar-refractivity contribution is 0.698. The van der Waals surface area contributed by atoms with Gasteiger partial charge in [0, 0.05) is 31.9 Å². The third-order valence-electron chi connectivity index (χ3n) is 3.06. The lowest BCUT2D eigenvalue weighted by atomic mass is 10.3. The van der Waals surface area contributed by atoms with Crippen molar-refractivity contribution in [1.82, 2.24) is 9.97 Å². The highest BCUT2D eigenvalue weighted by Gasteiger charge is 2.24. The fraction of sp³-hybridized carbons (Fsp3) is 0.692. The van der Waals surface area contributed by atoms with Crippen LogP contribution in [0.25, 0.3) is 0 Å². The quantitative estimate of drug-likeness (QED) is 0.821. The van der Waals surface area contributed by atoms with Gasteiger partial charge in [0.25, 0.3) is 0 Å². The van der Waals surface area contributed by atoms with Gasteiger partial charge in [0.05, 0.1) is 0 Å². The Morgan fingerprint density at radius 3 is 2.76 bits per heavy atom. The highest BCUT2D eigenvalue weighted by molar-refractivity contribution is 5.44. The van der Waals surface area contributed by atoms with Gasteiger partial charge in [-0.05, 0) is 32.1 Å². The molecule has 0 radical (unpaired) electrons. The summed E-state index contributed by atoms with van der Waals surface area (Å²) in [6, 6.07) is 2.08. The molecule has 0 amide bonds. The molecule has 1 aromatic heterocycles. The maximum Gasteiger partial charge on any atom is 0.224 e. The number of hydrogen-bond acceptors (Lipinski definition) is 4. The predicted octanol–water partition coefficient (Wildman–Crippen LogP) is 2.45. The highest BCUT2D eigenvalue weighted by atomic mass is 15.2. The van der Waals surface area contributed by atoms with Crippen molar-refractivity contribution < 1.29 is 0 Å². The second kappa shape index (κ2) is 5.34. The molecule has 0 atom stereocenters. The number of nitrogens with zero attached hydrogens (tertiary/aromatic N) is 3. The first-order chi connectivity index (χ1) is 8.22. The molecule has 2 rings (SSSR count). The molecule has 1 aromatic rings. The lowest BCUT2D eigenvalue weighted by Crippen LogP contribution is -2.27. The van der Waals surface area contributed by atoms with Crippen LogP contribution in [0.1, 0.15) is 31.9 Å². The summed E-state index contributed by atoms with van der Waals surface area (Å²) >= 11 is 0. The summed E-state index contributed by atoms with van der Waals surface area (Å²) in [7, 11) is 1.86. The van der Waals surface area contributed by atoms with Crippen molar-refractivity contribution in [3.8, 4) is 0 Å². The highest BCUT2D eigenvalue weighted by Crippen LogP contribution is 2.31. The molecule has 1 aliphatic carbocycles. The van der Waals surface area contributed by atoms with Crippen LogP contribution in [0.2, 0.25) is 0 Å². The summed E-state index contributed by atoms with van der Waals surface area (Å²) in [6.07, 6.45) is 3.91. The zero-order valence-corrected chi connectivity index (χ0v) is 11.0. The van der Waals surface area contributed by atoms with Crippen molar-refractivity contribution in [2.24, 2.45) is 5.92 Å². The molecular formula is C13H22N4. The minimum Gasteiger partial charge on any atom is -0.357 e. The first-order valence-corrected chi connectivity index (χ1v) is 6.51. The predicted molar refractivity (Wildman–Crippen MR) is 71.5 cm³/mol. The molecule has 1 aliphatic rings. The number of nitrogens with one attached hydrogen (secondary N) is 1. The summed E-state index contributed by atoms with van der Waals surface area (Å²) in [4.78, 5) is 11.3. The fourth-order valence-electron chi connectivity index (χ4n) is 2.01. The maximum absolute atomic E-state index is 4.56. The van der Waals surface area contributed by atoms with E-state index < -0.39 is 0 Å². The molecule has 1 saturated carbocycles. The number of hydrogen-bond donors (Lipinski definition) is 1. The molecule has 0 spiro atoms. The summed E-state index contributed by atoms with van der Waals surface area (Å²) < 4.78 is 0. The normalized spacial score (nSPS) is 14.8. The molecule has 17 heavy (non-hydrogen) atoms. The van der Waals surface area contributed by atoms with E-state index in [1.54, 1.807) is 0 Å². The first-order valence-electron chi connectivity index (χ1n) is 6.51. The molecule has 0 aliphatic heterocycles. The molecule has 0 saturated heterocycles. The van der Waals surface area contributed by atoms with Crippen LogP contribution in [0.3, 0.4) is 0 Å². The lowest BCUT2D eigenvalue weighted by Gasteiger charge is -2.23. The van der Waals surface area contributed by atoms with Crippen molar-refractivity contribution in [3.05, 3.63) is 11.8 Å². The van der Waals surface area contributed by atoms with Gasteiger partial charge in [-0.1, -0.05) is 6.92 Å². The summed E-state index contributed by atoms with van der Waals surface area (Å²) in [5.41, 5.74) is 1.02. The zero-order chi connectivity index (χ0) is 12.3. The molecule has 4 nitrogen and oxygen atoms in total. The van der Waals surface area contributed by atoms with Gasteiger partial charge in [0.2, 0.25) is 5.95 Å². The van der Waals surface area contributed by atoms with Gasteiger partial charge >= 0.3 is 0 Å². The largest absolute Gasteiger partial charge is 0.357 e. The minimum atomic E-state index is 0.719. The van der Waals surface area contributed by atoms with Crippen molar-refractivity contribution in [3.63, 3.8) is 0 Å². The van der Waals surface area contributed by atoms with Crippen molar-refractivity contribution >= 4 is 11.8 Å². The number of aromatic nitrogens is 2. The fourth-order valence-corrected chi connectivity index (χ4v) is 2.01. The smallest absolute Gasteiger partial charge is 0.224 e. The second-order valence-corrected chi connectivity index (χ2v) is 4.83. The SMILES string of the molecule is CCCN(CC1CC1)c1cc(C)nc(NC)n1. The average Bonchev–Trinajstić information content (AvgIpc) is 3.11.